The fraction of sp³-hybridized carbons (Fsp3) is 0.588. The molecule has 0 spiro atoms. The molecule has 0 bridgehead atoms. The third-order valence-corrected chi connectivity index (χ3v) is 4.81. The Balaban J connectivity index is 1.83. The van der Waals surface area contributed by atoms with Crippen LogP contribution in [-0.4, -0.2) is 31.8 Å². The van der Waals surface area contributed by atoms with E-state index in [4.69, 9.17) is 4.74 Å². The molecule has 2 aliphatic rings. The van der Waals surface area contributed by atoms with E-state index >= 15 is 0 Å². The molecule has 1 aliphatic heterocycles. The maximum atomic E-state index is 12.9. The summed E-state index contributed by atoms with van der Waals surface area (Å²) in [5.41, 5.74) is 2.47. The Labute approximate surface area is 125 Å². The van der Waals surface area contributed by atoms with Crippen LogP contribution in [0.4, 0.5) is 10.1 Å². The first kappa shape index (κ1) is 14.4. The van der Waals surface area contributed by atoms with Crippen molar-refractivity contribution in [3.63, 3.8) is 0 Å². The summed E-state index contributed by atoms with van der Waals surface area (Å²) in [5.74, 6) is 0.299. The average molecular weight is 291 g/mol. The van der Waals surface area contributed by atoms with Crippen molar-refractivity contribution >= 4 is 11.7 Å². The first-order valence-corrected chi connectivity index (χ1v) is 7.84. The molecule has 3 atom stereocenters. The van der Waals surface area contributed by atoms with Crippen LogP contribution in [0.25, 0.3) is 0 Å². The highest BCUT2D eigenvalue weighted by Crippen LogP contribution is 2.49. The monoisotopic (exact) mass is 291 g/mol. The summed E-state index contributed by atoms with van der Waals surface area (Å²) in [4.78, 5) is 14.2. The lowest BCUT2D eigenvalue weighted by Crippen LogP contribution is -2.41. The molecule has 0 saturated heterocycles. The van der Waals surface area contributed by atoms with E-state index in [0.29, 0.717) is 19.1 Å². The number of rotatable bonds is 4. The van der Waals surface area contributed by atoms with E-state index in [2.05, 4.69) is 17.0 Å². The third-order valence-electron chi connectivity index (χ3n) is 4.81. The van der Waals surface area contributed by atoms with Gasteiger partial charge in [-0.05, 0) is 37.8 Å². The summed E-state index contributed by atoms with van der Waals surface area (Å²) >= 11 is 0. The summed E-state index contributed by atoms with van der Waals surface area (Å²) < 4.78 is 18.1. The largest absolute Gasteiger partial charge is 0.466 e. The number of nitrogens with zero attached hydrogens (tertiary/aromatic N) is 1. The molecule has 1 fully saturated rings. The Morgan fingerprint density at radius 3 is 2.95 bits per heavy atom. The Morgan fingerprint density at radius 1 is 1.38 bits per heavy atom. The molecule has 1 aliphatic carbocycles. The van der Waals surface area contributed by atoms with Crippen LogP contribution in [0.1, 0.15) is 37.7 Å². The minimum absolute atomic E-state index is 0.0392. The molecule has 21 heavy (non-hydrogen) atoms. The topological polar surface area (TPSA) is 29.5 Å². The van der Waals surface area contributed by atoms with E-state index in [9.17, 15) is 9.18 Å². The molecular formula is C17H22FNO2. The average Bonchev–Trinajstić information content (AvgIpc) is 2.82. The van der Waals surface area contributed by atoms with Crippen LogP contribution in [0, 0.1) is 5.92 Å². The Morgan fingerprint density at radius 2 is 2.19 bits per heavy atom. The molecule has 1 aromatic carbocycles. The second kappa shape index (κ2) is 6.04. The summed E-state index contributed by atoms with van der Waals surface area (Å²) in [5, 5.41) is 0. The molecule has 0 aromatic heterocycles. The maximum Gasteiger partial charge on any atom is 0.308 e. The molecule has 3 nitrogen and oxygen atoms in total. The number of hydrogen-bond donors (Lipinski definition) is 0. The van der Waals surface area contributed by atoms with E-state index in [0.717, 1.165) is 24.9 Å². The number of ether oxygens (including phenoxy) is 1. The van der Waals surface area contributed by atoms with Crippen molar-refractivity contribution in [3.8, 4) is 0 Å². The Kier molecular flexibility index (Phi) is 4.13. The molecule has 0 amide bonds. The number of esters is 1. The molecule has 0 N–H and O–H groups in total. The summed E-state index contributed by atoms with van der Waals surface area (Å²) in [6, 6.07) is 8.51. The van der Waals surface area contributed by atoms with Gasteiger partial charge in [0.15, 0.2) is 0 Å². The van der Waals surface area contributed by atoms with Crippen LogP contribution in [0.15, 0.2) is 24.3 Å². The van der Waals surface area contributed by atoms with E-state index in [-0.39, 0.29) is 24.6 Å². The summed E-state index contributed by atoms with van der Waals surface area (Å²) in [7, 11) is 0. The van der Waals surface area contributed by atoms with Gasteiger partial charge < -0.3 is 9.64 Å². The number of carbonyl (C=O) groups is 1. The Bertz CT molecular complexity index is 519. The van der Waals surface area contributed by atoms with Gasteiger partial charge in [-0.2, -0.15) is 0 Å². The number of fused-ring (bicyclic) bond motifs is 3. The van der Waals surface area contributed by atoms with Gasteiger partial charge in [-0.1, -0.05) is 18.2 Å². The zero-order chi connectivity index (χ0) is 14.8. The lowest BCUT2D eigenvalue weighted by molar-refractivity contribution is -0.149. The molecule has 3 rings (SSSR count). The fourth-order valence-corrected chi connectivity index (χ4v) is 3.95. The van der Waals surface area contributed by atoms with Gasteiger partial charge in [0, 0.05) is 24.2 Å². The van der Waals surface area contributed by atoms with Crippen molar-refractivity contribution in [1.82, 2.24) is 0 Å². The maximum absolute atomic E-state index is 12.9. The van der Waals surface area contributed by atoms with Crippen LogP contribution in [0.5, 0.6) is 0 Å². The van der Waals surface area contributed by atoms with Crippen molar-refractivity contribution in [2.75, 3.05) is 24.7 Å². The van der Waals surface area contributed by atoms with E-state index in [1.807, 2.05) is 19.1 Å². The van der Waals surface area contributed by atoms with Crippen LogP contribution in [0.3, 0.4) is 0 Å². The van der Waals surface area contributed by atoms with Crippen molar-refractivity contribution in [1.29, 1.82) is 0 Å². The molecule has 4 heteroatoms. The van der Waals surface area contributed by atoms with Gasteiger partial charge in [-0.15, -0.1) is 0 Å². The van der Waals surface area contributed by atoms with Crippen molar-refractivity contribution in [2.24, 2.45) is 5.92 Å². The standard InChI is InChI=1S/C17H22FNO2/c1-2-21-17(20)12-7-8-14-13-5-3-4-6-15(13)19(10-9-18)16(14)11-12/h3-6,12,14,16H,2,7-11H2,1H3. The van der Waals surface area contributed by atoms with Gasteiger partial charge >= 0.3 is 5.97 Å². The minimum Gasteiger partial charge on any atom is -0.466 e. The molecule has 114 valence electrons. The second-order valence-electron chi connectivity index (χ2n) is 5.88. The third kappa shape index (κ3) is 2.52. The van der Waals surface area contributed by atoms with Crippen LogP contribution >= 0.6 is 0 Å². The molecule has 0 radical (unpaired) electrons. The van der Waals surface area contributed by atoms with Crippen molar-refractivity contribution in [2.45, 2.75) is 38.1 Å². The lowest BCUT2D eigenvalue weighted by atomic mass is 9.77. The highest BCUT2D eigenvalue weighted by molar-refractivity contribution is 5.73. The predicted molar refractivity (Wildman–Crippen MR) is 80.3 cm³/mol. The number of anilines is 1. The predicted octanol–water partition coefficient (Wildman–Crippen LogP) is 3.29. The van der Waals surface area contributed by atoms with Gasteiger partial charge in [0.1, 0.15) is 6.67 Å². The van der Waals surface area contributed by atoms with Gasteiger partial charge in [-0.25, -0.2) is 4.39 Å². The zero-order valence-electron chi connectivity index (χ0n) is 12.4. The highest BCUT2D eigenvalue weighted by Gasteiger charge is 2.43. The number of hydrogen-bond acceptors (Lipinski definition) is 3. The molecule has 3 unspecified atom stereocenters. The Hall–Kier alpha value is -1.58. The smallest absolute Gasteiger partial charge is 0.308 e. The quantitative estimate of drug-likeness (QED) is 0.797. The molecule has 1 heterocycles. The van der Waals surface area contributed by atoms with E-state index < -0.39 is 0 Å². The van der Waals surface area contributed by atoms with Gasteiger partial charge in [-0.3, -0.25) is 4.79 Å². The van der Waals surface area contributed by atoms with Crippen molar-refractivity contribution in [3.05, 3.63) is 29.8 Å². The number of carbonyl (C=O) groups excluding carboxylic acids is 1. The minimum atomic E-state index is -0.359. The zero-order valence-corrected chi connectivity index (χ0v) is 12.4. The number of halogens is 1. The normalized spacial score (nSPS) is 27.1. The first-order chi connectivity index (χ1) is 10.3. The molecule has 1 saturated carbocycles. The SMILES string of the molecule is CCOC(=O)C1CCC2c3ccccc3N(CCF)C2C1. The van der Waals surface area contributed by atoms with Gasteiger partial charge in [0.25, 0.3) is 0 Å². The number of alkyl halides is 1. The van der Waals surface area contributed by atoms with Crippen LogP contribution in [0.2, 0.25) is 0 Å². The number of para-hydroxylation sites is 1. The number of benzene rings is 1. The summed E-state index contributed by atoms with van der Waals surface area (Å²) in [6.07, 6.45) is 2.63. The van der Waals surface area contributed by atoms with E-state index in [1.54, 1.807) is 0 Å². The van der Waals surface area contributed by atoms with Gasteiger partial charge in [0.05, 0.1) is 12.5 Å². The van der Waals surface area contributed by atoms with E-state index in [1.165, 1.54) is 5.56 Å². The highest BCUT2D eigenvalue weighted by atomic mass is 19.1. The first-order valence-electron chi connectivity index (χ1n) is 7.84. The van der Waals surface area contributed by atoms with Crippen molar-refractivity contribution < 1.29 is 13.9 Å². The summed E-state index contributed by atoms with van der Waals surface area (Å²) in [6.45, 7) is 2.32. The molecule has 1 aromatic rings. The fourth-order valence-electron chi connectivity index (χ4n) is 3.95. The van der Waals surface area contributed by atoms with Gasteiger partial charge in [0.2, 0.25) is 0 Å². The van der Waals surface area contributed by atoms with Crippen LogP contribution < -0.4 is 4.90 Å². The molecular weight excluding hydrogens is 269 g/mol. The van der Waals surface area contributed by atoms with Crippen LogP contribution in [-0.2, 0) is 9.53 Å². The second-order valence-corrected chi connectivity index (χ2v) is 5.88. The lowest BCUT2D eigenvalue weighted by Gasteiger charge is -2.36.